The average Bonchev–Trinajstić information content (AvgIpc) is 2.64. The normalized spacial score (nSPS) is 12.3. The van der Waals surface area contributed by atoms with Crippen molar-refractivity contribution in [1.29, 1.82) is 0 Å². The summed E-state index contributed by atoms with van der Waals surface area (Å²) in [4.78, 5) is 29.5. The van der Waals surface area contributed by atoms with E-state index in [1.165, 1.54) is 10.9 Å². The van der Waals surface area contributed by atoms with Gasteiger partial charge in [0.25, 0.3) is 5.56 Å². The number of carbonyl (C=O) groups is 1. The molecule has 6 heteroatoms. The monoisotopic (exact) mass is 383 g/mol. The Bertz CT molecular complexity index is 999. The van der Waals surface area contributed by atoms with Gasteiger partial charge in [-0.1, -0.05) is 55.8 Å². The highest BCUT2D eigenvalue weighted by Gasteiger charge is 2.17. The lowest BCUT2D eigenvalue weighted by atomic mass is 9.97. The fraction of sp³-hybridized carbons (Fsp3) is 0.286. The molecule has 0 bridgehead atoms. The third kappa shape index (κ3) is 4.74. The molecular weight excluding hydrogens is 362 g/mol. The molecule has 0 aliphatic carbocycles. The molecule has 5 nitrogen and oxygen atoms in total. The number of amides is 1. The van der Waals surface area contributed by atoms with Crippen LogP contribution in [0, 0.1) is 5.92 Å². The van der Waals surface area contributed by atoms with Gasteiger partial charge in [-0.3, -0.25) is 14.2 Å². The van der Waals surface area contributed by atoms with Crippen molar-refractivity contribution >= 4 is 28.4 Å². The molecule has 1 amide bonds. The van der Waals surface area contributed by atoms with Crippen LogP contribution in [0.25, 0.3) is 10.9 Å². The Kier molecular flexibility index (Phi) is 5.91. The number of fused-ring (bicyclic) bond motifs is 1. The lowest BCUT2D eigenvalue weighted by Crippen LogP contribution is -2.35. The Morgan fingerprint density at radius 2 is 1.93 bits per heavy atom. The highest BCUT2D eigenvalue weighted by atomic mass is 35.5. The molecule has 3 rings (SSSR count). The number of carbonyl (C=O) groups excluding carboxylic acids is 1. The molecule has 1 N–H and O–H groups in total. The zero-order valence-corrected chi connectivity index (χ0v) is 16.1. The SMILES string of the molecule is CC(C)C[C@@H](NC(=O)Cn1cnc2ccc(Cl)cc2c1=O)c1ccccc1. The first-order chi connectivity index (χ1) is 12.9. The van der Waals surface area contributed by atoms with Crippen molar-refractivity contribution in [3.05, 3.63) is 75.8 Å². The van der Waals surface area contributed by atoms with Crippen LogP contribution >= 0.6 is 11.6 Å². The molecule has 0 unspecified atom stereocenters. The van der Waals surface area contributed by atoms with Crippen LogP contribution in [0.2, 0.25) is 5.02 Å². The van der Waals surface area contributed by atoms with Gasteiger partial charge in [-0.15, -0.1) is 0 Å². The number of hydrogen-bond acceptors (Lipinski definition) is 3. The lowest BCUT2D eigenvalue weighted by Gasteiger charge is -2.21. The molecule has 0 aliphatic heterocycles. The van der Waals surface area contributed by atoms with E-state index < -0.39 is 0 Å². The molecule has 3 aromatic rings. The van der Waals surface area contributed by atoms with Crippen molar-refractivity contribution in [3.8, 4) is 0 Å². The van der Waals surface area contributed by atoms with E-state index in [2.05, 4.69) is 24.1 Å². The second kappa shape index (κ2) is 8.35. The van der Waals surface area contributed by atoms with E-state index in [1.54, 1.807) is 18.2 Å². The van der Waals surface area contributed by atoms with E-state index in [4.69, 9.17) is 11.6 Å². The first-order valence-corrected chi connectivity index (χ1v) is 9.31. The summed E-state index contributed by atoms with van der Waals surface area (Å²) in [6, 6.07) is 14.7. The average molecular weight is 384 g/mol. The minimum atomic E-state index is -0.280. The Morgan fingerprint density at radius 1 is 1.19 bits per heavy atom. The quantitative estimate of drug-likeness (QED) is 0.700. The second-order valence-corrected chi connectivity index (χ2v) is 7.44. The third-order valence-corrected chi connectivity index (χ3v) is 4.58. The largest absolute Gasteiger partial charge is 0.348 e. The maximum Gasteiger partial charge on any atom is 0.261 e. The van der Waals surface area contributed by atoms with Gasteiger partial charge in [0, 0.05) is 5.02 Å². The van der Waals surface area contributed by atoms with Crippen molar-refractivity contribution in [2.24, 2.45) is 5.92 Å². The van der Waals surface area contributed by atoms with Gasteiger partial charge < -0.3 is 5.32 Å². The Morgan fingerprint density at radius 3 is 2.63 bits per heavy atom. The molecule has 0 aliphatic rings. The van der Waals surface area contributed by atoms with E-state index in [0.29, 0.717) is 21.8 Å². The Labute approximate surface area is 163 Å². The smallest absolute Gasteiger partial charge is 0.261 e. The topological polar surface area (TPSA) is 64.0 Å². The molecule has 1 heterocycles. The van der Waals surface area contributed by atoms with Crippen LogP contribution in [0.5, 0.6) is 0 Å². The summed E-state index contributed by atoms with van der Waals surface area (Å²) in [6.07, 6.45) is 2.22. The molecule has 0 saturated heterocycles. The summed E-state index contributed by atoms with van der Waals surface area (Å²) in [7, 11) is 0. The van der Waals surface area contributed by atoms with Crippen LogP contribution < -0.4 is 10.9 Å². The lowest BCUT2D eigenvalue weighted by molar-refractivity contribution is -0.122. The summed E-state index contributed by atoms with van der Waals surface area (Å²) in [6.45, 7) is 4.14. The van der Waals surface area contributed by atoms with Gasteiger partial charge >= 0.3 is 0 Å². The minimum absolute atomic E-state index is 0.0876. The van der Waals surface area contributed by atoms with Crippen LogP contribution in [-0.2, 0) is 11.3 Å². The number of aromatic nitrogens is 2. The van der Waals surface area contributed by atoms with Crippen molar-refractivity contribution < 1.29 is 4.79 Å². The summed E-state index contributed by atoms with van der Waals surface area (Å²) in [5, 5.41) is 3.91. The van der Waals surface area contributed by atoms with Gasteiger partial charge in [0.1, 0.15) is 6.54 Å². The number of hydrogen-bond donors (Lipinski definition) is 1. The Balaban J connectivity index is 1.81. The maximum atomic E-state index is 12.6. The fourth-order valence-corrected chi connectivity index (χ4v) is 3.25. The number of nitrogens with zero attached hydrogens (tertiary/aromatic N) is 2. The van der Waals surface area contributed by atoms with Gasteiger partial charge in [0.05, 0.1) is 23.3 Å². The number of halogens is 1. The first-order valence-electron chi connectivity index (χ1n) is 8.93. The molecule has 2 aromatic carbocycles. The summed E-state index contributed by atoms with van der Waals surface area (Å²) in [5.41, 5.74) is 1.33. The molecule has 0 radical (unpaired) electrons. The van der Waals surface area contributed by atoms with Crippen LogP contribution in [0.3, 0.4) is 0 Å². The summed E-state index contributed by atoms with van der Waals surface area (Å²) < 4.78 is 1.31. The number of nitrogens with one attached hydrogen (secondary N) is 1. The minimum Gasteiger partial charge on any atom is -0.348 e. The number of benzene rings is 2. The van der Waals surface area contributed by atoms with Crippen molar-refractivity contribution in [1.82, 2.24) is 14.9 Å². The molecular formula is C21H22ClN3O2. The van der Waals surface area contributed by atoms with Gasteiger partial charge in [-0.25, -0.2) is 4.98 Å². The van der Waals surface area contributed by atoms with Crippen LogP contribution in [0.4, 0.5) is 0 Å². The molecule has 1 atom stereocenters. The molecule has 140 valence electrons. The predicted molar refractivity (Wildman–Crippen MR) is 108 cm³/mol. The molecule has 1 aromatic heterocycles. The van der Waals surface area contributed by atoms with E-state index >= 15 is 0 Å². The van der Waals surface area contributed by atoms with Crippen LogP contribution in [0.15, 0.2) is 59.7 Å². The fourth-order valence-electron chi connectivity index (χ4n) is 3.07. The summed E-state index contributed by atoms with van der Waals surface area (Å²) >= 11 is 5.98. The number of rotatable bonds is 6. The molecule has 0 saturated carbocycles. The molecule has 27 heavy (non-hydrogen) atoms. The van der Waals surface area contributed by atoms with Gasteiger partial charge in [-0.05, 0) is 36.1 Å². The molecule has 0 spiro atoms. The van der Waals surface area contributed by atoms with Crippen molar-refractivity contribution in [3.63, 3.8) is 0 Å². The first kappa shape index (κ1) is 19.1. The van der Waals surface area contributed by atoms with E-state index in [9.17, 15) is 9.59 Å². The van der Waals surface area contributed by atoms with Crippen LogP contribution in [0.1, 0.15) is 31.9 Å². The zero-order valence-electron chi connectivity index (χ0n) is 15.4. The molecule has 0 fully saturated rings. The van der Waals surface area contributed by atoms with Gasteiger partial charge in [0.2, 0.25) is 5.91 Å². The van der Waals surface area contributed by atoms with E-state index in [1.807, 2.05) is 30.3 Å². The highest BCUT2D eigenvalue weighted by molar-refractivity contribution is 6.31. The standard InChI is InChI=1S/C21H22ClN3O2/c1-14(2)10-19(15-6-4-3-5-7-15)24-20(26)12-25-13-23-18-9-8-16(22)11-17(18)21(25)27/h3-9,11,13-14,19H,10,12H2,1-2H3,(H,24,26)/t19-/m1/s1. The van der Waals surface area contributed by atoms with Crippen molar-refractivity contribution in [2.75, 3.05) is 0 Å². The Hall–Kier alpha value is -2.66. The summed E-state index contributed by atoms with van der Waals surface area (Å²) in [5.74, 6) is 0.192. The highest BCUT2D eigenvalue weighted by Crippen LogP contribution is 2.21. The zero-order chi connectivity index (χ0) is 19.4. The predicted octanol–water partition coefficient (Wildman–Crippen LogP) is 3.95. The van der Waals surface area contributed by atoms with Gasteiger partial charge in [0.15, 0.2) is 0 Å². The van der Waals surface area contributed by atoms with Crippen LogP contribution in [-0.4, -0.2) is 15.5 Å². The van der Waals surface area contributed by atoms with Gasteiger partial charge in [-0.2, -0.15) is 0 Å². The second-order valence-electron chi connectivity index (χ2n) is 7.00. The van der Waals surface area contributed by atoms with E-state index in [-0.39, 0.29) is 24.1 Å². The van der Waals surface area contributed by atoms with E-state index in [0.717, 1.165) is 12.0 Å². The maximum absolute atomic E-state index is 12.6. The third-order valence-electron chi connectivity index (χ3n) is 4.34. The van der Waals surface area contributed by atoms with Crippen molar-refractivity contribution in [2.45, 2.75) is 32.9 Å².